The van der Waals surface area contributed by atoms with Gasteiger partial charge in [0.2, 0.25) is 5.91 Å². The van der Waals surface area contributed by atoms with Gasteiger partial charge < -0.3 is 20.1 Å². The molecule has 5 rings (SSSR count). The number of nitrogens with one attached hydrogen (secondary N) is 2. The Hall–Kier alpha value is -3.41. The van der Waals surface area contributed by atoms with E-state index >= 15 is 0 Å². The van der Waals surface area contributed by atoms with E-state index in [0.29, 0.717) is 42.7 Å². The molecule has 0 bridgehead atoms. The maximum Gasteiger partial charge on any atom is 0.225 e. The molecule has 1 saturated heterocycles. The van der Waals surface area contributed by atoms with Gasteiger partial charge in [0.15, 0.2) is 22.8 Å². The topological polar surface area (TPSA) is 100 Å². The number of rotatable bonds is 4. The Kier molecular flexibility index (Phi) is 4.83. The van der Waals surface area contributed by atoms with E-state index in [1.54, 1.807) is 12.7 Å². The third-order valence-electron chi connectivity index (χ3n) is 5.64. The van der Waals surface area contributed by atoms with Crippen molar-refractivity contribution in [3.63, 3.8) is 0 Å². The van der Waals surface area contributed by atoms with Crippen LogP contribution < -0.4 is 10.6 Å². The smallest absolute Gasteiger partial charge is 0.225 e. The number of fused-ring (bicyclic) bond motifs is 1. The highest BCUT2D eigenvalue weighted by Gasteiger charge is 2.36. The van der Waals surface area contributed by atoms with Crippen molar-refractivity contribution < 1.29 is 4.79 Å². The van der Waals surface area contributed by atoms with Crippen molar-refractivity contribution in [3.05, 3.63) is 23.9 Å². The van der Waals surface area contributed by atoms with Crippen molar-refractivity contribution >= 4 is 29.2 Å². The Labute approximate surface area is 174 Å². The molecule has 2 aromatic heterocycles. The van der Waals surface area contributed by atoms with Crippen molar-refractivity contribution in [2.45, 2.75) is 38.8 Å². The number of aromatic nitrogens is 4. The molecule has 0 spiro atoms. The molecule has 3 aliphatic rings. The van der Waals surface area contributed by atoms with Crippen molar-refractivity contribution in [1.82, 2.24) is 29.7 Å². The molecule has 9 heteroatoms. The quantitative estimate of drug-likeness (QED) is 0.741. The van der Waals surface area contributed by atoms with E-state index in [2.05, 4.69) is 37.4 Å². The second-order valence-electron chi connectivity index (χ2n) is 7.82. The number of aryl methyl sites for hydroxylation is 1. The third-order valence-corrected chi connectivity index (χ3v) is 5.64. The van der Waals surface area contributed by atoms with Crippen molar-refractivity contribution in [2.24, 2.45) is 10.9 Å². The summed E-state index contributed by atoms with van der Waals surface area (Å²) in [5, 5.41) is 6.44. The van der Waals surface area contributed by atoms with Gasteiger partial charge >= 0.3 is 0 Å². The minimum Gasteiger partial charge on any atom is -0.364 e. The highest BCUT2D eigenvalue weighted by atomic mass is 16.2. The van der Waals surface area contributed by atoms with Crippen LogP contribution in [0.25, 0.3) is 11.2 Å². The third kappa shape index (κ3) is 3.61. The van der Waals surface area contributed by atoms with Crippen LogP contribution in [0, 0.1) is 17.8 Å². The molecule has 0 radical (unpaired) electrons. The first-order valence-corrected chi connectivity index (χ1v) is 10.4. The fourth-order valence-corrected chi connectivity index (χ4v) is 3.89. The standard InChI is InChI=1S/C21H24N8O/c1-2-29-17(6-3-14-9-22-12-23-10-14)27-18-19(24-13-25-20(18)29)26-16-7-8-28(11-16)21(30)15-4-5-15/h9,12-13,15-16H,2,4-5,7-8,10-11H2,1H3,(H,22,23)(H,24,25,26). The van der Waals surface area contributed by atoms with Gasteiger partial charge in [-0.1, -0.05) is 5.92 Å². The number of anilines is 1. The van der Waals surface area contributed by atoms with Crippen molar-refractivity contribution in [1.29, 1.82) is 0 Å². The summed E-state index contributed by atoms with van der Waals surface area (Å²) in [6.07, 6.45) is 8.05. The van der Waals surface area contributed by atoms with Crippen LogP contribution in [0.1, 0.15) is 32.0 Å². The zero-order valence-electron chi connectivity index (χ0n) is 16.9. The first-order chi connectivity index (χ1) is 14.7. The van der Waals surface area contributed by atoms with Crippen LogP contribution in [0.5, 0.6) is 0 Å². The number of imidazole rings is 1. The number of nitrogens with zero attached hydrogens (tertiary/aromatic N) is 6. The fraction of sp³-hybridized carbons (Fsp3) is 0.476. The average molecular weight is 404 g/mol. The largest absolute Gasteiger partial charge is 0.364 e. The van der Waals surface area contributed by atoms with E-state index < -0.39 is 0 Å². The lowest BCUT2D eigenvalue weighted by atomic mass is 10.2. The summed E-state index contributed by atoms with van der Waals surface area (Å²) >= 11 is 0. The predicted octanol–water partition coefficient (Wildman–Crippen LogP) is 1.14. The molecule has 1 amide bonds. The minimum absolute atomic E-state index is 0.170. The van der Waals surface area contributed by atoms with Gasteiger partial charge in [-0.15, -0.1) is 0 Å². The summed E-state index contributed by atoms with van der Waals surface area (Å²) in [5.41, 5.74) is 2.38. The minimum atomic E-state index is 0.170. The summed E-state index contributed by atoms with van der Waals surface area (Å²) in [5.74, 6) is 8.21. The summed E-state index contributed by atoms with van der Waals surface area (Å²) in [4.78, 5) is 32.1. The molecular weight excluding hydrogens is 380 g/mol. The normalized spacial score (nSPS) is 20.5. The number of aliphatic imine (C=N–C) groups is 1. The van der Waals surface area contributed by atoms with E-state index in [9.17, 15) is 4.79 Å². The molecule has 2 aliphatic heterocycles. The number of likely N-dealkylation sites (tertiary alicyclic amines) is 1. The van der Waals surface area contributed by atoms with Crippen LogP contribution >= 0.6 is 0 Å². The van der Waals surface area contributed by atoms with Gasteiger partial charge in [-0.25, -0.2) is 15.0 Å². The van der Waals surface area contributed by atoms with Crippen molar-refractivity contribution in [2.75, 3.05) is 25.0 Å². The number of hydrogen-bond donors (Lipinski definition) is 2. The summed E-state index contributed by atoms with van der Waals surface area (Å²) in [6, 6.07) is 0.170. The molecule has 1 aliphatic carbocycles. The van der Waals surface area contributed by atoms with E-state index in [1.165, 1.54) is 0 Å². The number of hydrogen-bond acceptors (Lipinski definition) is 7. The molecule has 4 heterocycles. The molecule has 0 aromatic carbocycles. The molecule has 2 aromatic rings. The Morgan fingerprint density at radius 1 is 1.30 bits per heavy atom. The van der Waals surface area contributed by atoms with Gasteiger partial charge in [-0.3, -0.25) is 9.79 Å². The lowest BCUT2D eigenvalue weighted by Gasteiger charge is -2.17. The molecule has 9 nitrogen and oxygen atoms in total. The lowest BCUT2D eigenvalue weighted by molar-refractivity contribution is -0.131. The molecule has 1 unspecified atom stereocenters. The molecule has 154 valence electrons. The van der Waals surface area contributed by atoms with Gasteiger partial charge in [0, 0.05) is 43.4 Å². The van der Waals surface area contributed by atoms with E-state index in [0.717, 1.165) is 37.0 Å². The molecule has 30 heavy (non-hydrogen) atoms. The van der Waals surface area contributed by atoms with Gasteiger partial charge in [0.05, 0.1) is 12.9 Å². The predicted molar refractivity (Wildman–Crippen MR) is 114 cm³/mol. The zero-order chi connectivity index (χ0) is 20.5. The SMILES string of the molecule is CCn1c(C#CC2=CNC=NC2)nc2c(NC3CCN(C(=O)C4CC4)C3)ncnc21. The van der Waals surface area contributed by atoms with Gasteiger partial charge in [0.1, 0.15) is 6.33 Å². The van der Waals surface area contributed by atoms with Crippen LogP contribution in [0.3, 0.4) is 0 Å². The highest BCUT2D eigenvalue weighted by Crippen LogP contribution is 2.32. The zero-order valence-corrected chi connectivity index (χ0v) is 16.9. The lowest BCUT2D eigenvalue weighted by Crippen LogP contribution is -2.32. The second kappa shape index (κ2) is 7.78. The van der Waals surface area contributed by atoms with Crippen LogP contribution in [-0.2, 0) is 11.3 Å². The van der Waals surface area contributed by atoms with Crippen LogP contribution in [-0.4, -0.2) is 62.3 Å². The average Bonchev–Trinajstić information content (AvgIpc) is 3.41. The maximum absolute atomic E-state index is 12.3. The Morgan fingerprint density at radius 3 is 2.97 bits per heavy atom. The fourth-order valence-electron chi connectivity index (χ4n) is 3.89. The molecule has 1 saturated carbocycles. The summed E-state index contributed by atoms with van der Waals surface area (Å²) < 4.78 is 1.99. The van der Waals surface area contributed by atoms with Gasteiger partial charge in [-0.05, 0) is 32.1 Å². The number of amides is 1. The number of carbonyl (C=O) groups is 1. The molecular formula is C21H24N8O. The monoisotopic (exact) mass is 404 g/mol. The van der Waals surface area contributed by atoms with Crippen LogP contribution in [0.2, 0.25) is 0 Å². The summed E-state index contributed by atoms with van der Waals surface area (Å²) in [7, 11) is 0. The van der Waals surface area contributed by atoms with Crippen LogP contribution in [0.4, 0.5) is 5.82 Å². The highest BCUT2D eigenvalue weighted by molar-refractivity contribution is 5.84. The Balaban J connectivity index is 1.38. The van der Waals surface area contributed by atoms with Gasteiger partial charge in [0.25, 0.3) is 0 Å². The van der Waals surface area contributed by atoms with Gasteiger partial charge in [-0.2, -0.15) is 0 Å². The Morgan fingerprint density at radius 2 is 2.20 bits per heavy atom. The molecule has 1 atom stereocenters. The van der Waals surface area contributed by atoms with E-state index in [4.69, 9.17) is 4.98 Å². The van der Waals surface area contributed by atoms with Crippen LogP contribution in [0.15, 0.2) is 23.1 Å². The molecule has 2 fully saturated rings. The second-order valence-corrected chi connectivity index (χ2v) is 7.82. The number of carbonyl (C=O) groups excluding carboxylic acids is 1. The first-order valence-electron chi connectivity index (χ1n) is 10.4. The maximum atomic E-state index is 12.3. The summed E-state index contributed by atoms with van der Waals surface area (Å²) in [6.45, 7) is 4.83. The Bertz CT molecular complexity index is 1100. The van der Waals surface area contributed by atoms with E-state index in [-0.39, 0.29) is 12.0 Å². The van der Waals surface area contributed by atoms with Crippen molar-refractivity contribution in [3.8, 4) is 11.8 Å². The van der Waals surface area contributed by atoms with E-state index in [1.807, 2.05) is 22.6 Å². The first kappa shape index (κ1) is 18.6. The molecule has 2 N–H and O–H groups in total.